The Morgan fingerprint density at radius 1 is 1.15 bits per heavy atom. The molecule has 0 fully saturated rings. The number of halogens is 1. The van der Waals surface area contributed by atoms with E-state index in [4.69, 9.17) is 12.2 Å². The van der Waals surface area contributed by atoms with Crippen LogP contribution in [0.15, 0.2) is 53.0 Å². The van der Waals surface area contributed by atoms with Crippen LogP contribution in [0, 0.1) is 0 Å². The number of hydrogen-bond acceptors (Lipinski definition) is 2. The Labute approximate surface area is 132 Å². The van der Waals surface area contributed by atoms with Crippen molar-refractivity contribution >= 4 is 44.6 Å². The number of aryl methyl sites for hydroxylation is 1. The van der Waals surface area contributed by atoms with Gasteiger partial charge in [-0.1, -0.05) is 47.1 Å². The molecule has 0 aliphatic carbocycles. The van der Waals surface area contributed by atoms with Crippen molar-refractivity contribution in [3.8, 4) is 0 Å². The standard InChI is InChI=1S/C15H16BrN3S/c1-2-11-6-3-4-9-14(11)17-15(20)19-18-13-8-5-7-12(16)10-13/h3-10,18H,2H2,1H3,(H2,17,19,20). The highest BCUT2D eigenvalue weighted by Crippen LogP contribution is 2.16. The zero-order valence-electron chi connectivity index (χ0n) is 11.1. The molecule has 0 aliphatic heterocycles. The Morgan fingerprint density at radius 3 is 2.70 bits per heavy atom. The number of hydrogen-bond donors (Lipinski definition) is 3. The summed E-state index contributed by atoms with van der Waals surface area (Å²) in [6.07, 6.45) is 0.963. The topological polar surface area (TPSA) is 36.1 Å². The Kier molecular flexibility index (Phi) is 5.38. The summed E-state index contributed by atoms with van der Waals surface area (Å²) < 4.78 is 1.01. The van der Waals surface area contributed by atoms with Gasteiger partial charge >= 0.3 is 0 Å². The predicted octanol–water partition coefficient (Wildman–Crippen LogP) is 4.33. The summed E-state index contributed by atoms with van der Waals surface area (Å²) in [5.41, 5.74) is 9.24. The first-order chi connectivity index (χ1) is 9.69. The maximum absolute atomic E-state index is 5.28. The van der Waals surface area contributed by atoms with Gasteiger partial charge in [0.15, 0.2) is 5.11 Å². The molecular formula is C15H16BrN3S. The van der Waals surface area contributed by atoms with Crippen molar-refractivity contribution in [3.63, 3.8) is 0 Å². The van der Waals surface area contributed by atoms with Crippen molar-refractivity contribution in [2.24, 2.45) is 0 Å². The van der Waals surface area contributed by atoms with E-state index < -0.39 is 0 Å². The molecule has 2 rings (SSSR count). The Hall–Kier alpha value is -1.59. The molecule has 5 heteroatoms. The molecule has 3 N–H and O–H groups in total. The molecule has 0 amide bonds. The summed E-state index contributed by atoms with van der Waals surface area (Å²) in [6, 6.07) is 16.0. The third-order valence-electron chi connectivity index (χ3n) is 2.79. The second-order valence-corrected chi connectivity index (χ2v) is 5.55. The first kappa shape index (κ1) is 14.8. The van der Waals surface area contributed by atoms with Gasteiger partial charge in [0.05, 0.1) is 5.69 Å². The van der Waals surface area contributed by atoms with Crippen LogP contribution < -0.4 is 16.2 Å². The molecule has 0 spiro atoms. The number of anilines is 2. The number of nitrogens with one attached hydrogen (secondary N) is 3. The minimum absolute atomic E-state index is 0.533. The van der Waals surface area contributed by atoms with Gasteiger partial charge in [-0.15, -0.1) is 0 Å². The zero-order chi connectivity index (χ0) is 14.4. The highest BCUT2D eigenvalue weighted by molar-refractivity contribution is 9.10. The van der Waals surface area contributed by atoms with Crippen molar-refractivity contribution in [3.05, 3.63) is 58.6 Å². The molecule has 3 nitrogen and oxygen atoms in total. The maximum Gasteiger partial charge on any atom is 0.189 e. The van der Waals surface area contributed by atoms with Crippen LogP contribution in [0.1, 0.15) is 12.5 Å². The largest absolute Gasteiger partial charge is 0.331 e. The van der Waals surface area contributed by atoms with Crippen molar-refractivity contribution in [1.29, 1.82) is 0 Å². The van der Waals surface area contributed by atoms with Crippen LogP contribution in [0.25, 0.3) is 0 Å². The second-order valence-electron chi connectivity index (χ2n) is 4.23. The Balaban J connectivity index is 1.93. The highest BCUT2D eigenvalue weighted by Gasteiger charge is 2.01. The first-order valence-corrected chi connectivity index (χ1v) is 7.55. The quantitative estimate of drug-likeness (QED) is 0.567. The van der Waals surface area contributed by atoms with Gasteiger partial charge in [-0.05, 0) is 48.5 Å². The number of benzene rings is 2. The molecule has 0 atom stereocenters. The van der Waals surface area contributed by atoms with Crippen molar-refractivity contribution < 1.29 is 0 Å². The van der Waals surface area contributed by atoms with E-state index in [1.807, 2.05) is 42.5 Å². The molecule has 0 aromatic heterocycles. The first-order valence-electron chi connectivity index (χ1n) is 6.35. The van der Waals surface area contributed by atoms with Gasteiger partial charge in [0.1, 0.15) is 0 Å². The van der Waals surface area contributed by atoms with Crippen LogP contribution in [0.3, 0.4) is 0 Å². The van der Waals surface area contributed by atoms with E-state index in [1.54, 1.807) is 0 Å². The van der Waals surface area contributed by atoms with E-state index in [2.05, 4.69) is 45.1 Å². The monoisotopic (exact) mass is 349 g/mol. The third kappa shape index (κ3) is 4.21. The average Bonchev–Trinajstić information content (AvgIpc) is 2.46. The second kappa shape index (κ2) is 7.26. The fourth-order valence-electron chi connectivity index (χ4n) is 1.80. The van der Waals surface area contributed by atoms with E-state index in [1.165, 1.54) is 5.56 Å². The normalized spacial score (nSPS) is 9.90. The molecule has 0 saturated heterocycles. The van der Waals surface area contributed by atoms with Crippen molar-refractivity contribution in [2.45, 2.75) is 13.3 Å². The molecule has 0 heterocycles. The fraction of sp³-hybridized carbons (Fsp3) is 0.133. The molecule has 104 valence electrons. The van der Waals surface area contributed by atoms with Gasteiger partial charge in [0, 0.05) is 10.2 Å². The summed E-state index contributed by atoms with van der Waals surface area (Å²) in [7, 11) is 0. The van der Waals surface area contributed by atoms with E-state index in [-0.39, 0.29) is 0 Å². The molecule has 0 bridgehead atoms. The molecule has 2 aromatic carbocycles. The average molecular weight is 350 g/mol. The van der Waals surface area contributed by atoms with E-state index >= 15 is 0 Å². The van der Waals surface area contributed by atoms with E-state index in [0.29, 0.717) is 5.11 Å². The van der Waals surface area contributed by atoms with Crippen molar-refractivity contribution in [2.75, 3.05) is 10.7 Å². The summed E-state index contributed by atoms with van der Waals surface area (Å²) in [4.78, 5) is 0. The van der Waals surface area contributed by atoms with Crippen LogP contribution >= 0.6 is 28.1 Å². The van der Waals surface area contributed by atoms with Crippen LogP contribution in [-0.2, 0) is 6.42 Å². The van der Waals surface area contributed by atoms with Gasteiger partial charge in [0.2, 0.25) is 0 Å². The number of thiocarbonyl (C=S) groups is 1. The molecule has 20 heavy (non-hydrogen) atoms. The number of rotatable bonds is 4. The highest BCUT2D eigenvalue weighted by atomic mass is 79.9. The lowest BCUT2D eigenvalue weighted by Crippen LogP contribution is -2.33. The lowest BCUT2D eigenvalue weighted by atomic mass is 10.1. The minimum atomic E-state index is 0.533. The Morgan fingerprint density at radius 2 is 1.95 bits per heavy atom. The zero-order valence-corrected chi connectivity index (χ0v) is 13.5. The van der Waals surface area contributed by atoms with Gasteiger partial charge in [-0.3, -0.25) is 10.9 Å². The third-order valence-corrected chi connectivity index (χ3v) is 3.49. The lowest BCUT2D eigenvalue weighted by Gasteiger charge is -2.14. The summed E-state index contributed by atoms with van der Waals surface area (Å²) in [5.74, 6) is 0. The molecule has 0 saturated carbocycles. The minimum Gasteiger partial charge on any atom is -0.331 e. The van der Waals surface area contributed by atoms with Crippen molar-refractivity contribution in [1.82, 2.24) is 5.43 Å². The maximum atomic E-state index is 5.28. The molecular weight excluding hydrogens is 334 g/mol. The van der Waals surface area contributed by atoms with Crippen LogP contribution in [0.4, 0.5) is 11.4 Å². The molecule has 2 aromatic rings. The number of hydrazine groups is 1. The molecule has 0 radical (unpaired) electrons. The van der Waals surface area contributed by atoms with Crippen LogP contribution in [0.2, 0.25) is 0 Å². The van der Waals surface area contributed by atoms with E-state index in [0.717, 1.165) is 22.3 Å². The predicted molar refractivity (Wildman–Crippen MR) is 92.9 cm³/mol. The fourth-order valence-corrected chi connectivity index (χ4v) is 2.36. The van der Waals surface area contributed by atoms with Gasteiger partial charge in [-0.25, -0.2) is 0 Å². The lowest BCUT2D eigenvalue weighted by molar-refractivity contribution is 1.12. The summed E-state index contributed by atoms with van der Waals surface area (Å²) >= 11 is 8.70. The summed E-state index contributed by atoms with van der Waals surface area (Å²) in [5, 5.41) is 3.73. The molecule has 0 unspecified atom stereocenters. The van der Waals surface area contributed by atoms with Gasteiger partial charge in [0.25, 0.3) is 0 Å². The van der Waals surface area contributed by atoms with Crippen LogP contribution in [-0.4, -0.2) is 5.11 Å². The number of para-hydroxylation sites is 1. The smallest absolute Gasteiger partial charge is 0.189 e. The van der Waals surface area contributed by atoms with Gasteiger partial charge in [-0.2, -0.15) is 0 Å². The SMILES string of the molecule is CCc1ccccc1NC(=S)NNc1cccc(Br)c1. The molecule has 0 aliphatic rings. The Bertz CT molecular complexity index is 601. The van der Waals surface area contributed by atoms with Crippen LogP contribution in [0.5, 0.6) is 0 Å². The summed E-state index contributed by atoms with van der Waals surface area (Å²) in [6.45, 7) is 2.12. The van der Waals surface area contributed by atoms with Gasteiger partial charge < -0.3 is 5.32 Å². The van der Waals surface area contributed by atoms with E-state index in [9.17, 15) is 0 Å².